The number of methoxy groups -OCH3 is 2. The molecule has 1 aliphatic rings. The molecule has 0 spiro atoms. The van der Waals surface area contributed by atoms with Crippen LogP contribution in [0.1, 0.15) is 43.7 Å². The number of carbonyl (C=O) groups is 2. The first-order valence-electron chi connectivity index (χ1n) is 11.3. The molecule has 1 unspecified atom stereocenters. The van der Waals surface area contributed by atoms with E-state index in [0.29, 0.717) is 27.2 Å². The zero-order valence-corrected chi connectivity index (χ0v) is 23.3. The van der Waals surface area contributed by atoms with Crippen LogP contribution >= 0.6 is 18.8 Å². The van der Waals surface area contributed by atoms with Crippen molar-refractivity contribution in [2.24, 2.45) is 0 Å². The standard InChI is InChI=1S/C26H37IN2O5/c1-8-10-11-12-15-28-25(31)26(29-24(30)9-2,20-13-14-22(33-6)19(3)16-20)23-17-21(32-5)18-27(23,4)34-7/h2,13-14,16-18,27H,8,10-12,15H2,1,3-7H3,(H,28,31)(H,29,30). The summed E-state index contributed by atoms with van der Waals surface area (Å²) in [6.45, 7) is 4.50. The molecular weight excluding hydrogens is 547 g/mol. The second kappa shape index (κ2) is 12.3. The third-order valence-corrected chi connectivity index (χ3v) is 13.5. The van der Waals surface area contributed by atoms with E-state index in [0.717, 1.165) is 31.2 Å². The third-order valence-electron chi connectivity index (χ3n) is 5.92. The summed E-state index contributed by atoms with van der Waals surface area (Å²) in [6.07, 6.45) is 11.3. The van der Waals surface area contributed by atoms with Crippen molar-refractivity contribution in [3.63, 3.8) is 0 Å². The average molecular weight is 584 g/mol. The quantitative estimate of drug-likeness (QED) is 0.168. The Bertz CT molecular complexity index is 1010. The predicted octanol–water partition coefficient (Wildman–Crippen LogP) is 4.00. The van der Waals surface area contributed by atoms with Crippen molar-refractivity contribution in [1.29, 1.82) is 0 Å². The van der Waals surface area contributed by atoms with Crippen molar-refractivity contribution in [1.82, 2.24) is 10.6 Å². The second-order valence-corrected chi connectivity index (χ2v) is 16.2. The van der Waals surface area contributed by atoms with E-state index in [1.165, 1.54) is 0 Å². The minimum atomic E-state index is -3.50. The molecule has 188 valence electrons. The summed E-state index contributed by atoms with van der Waals surface area (Å²) in [5.74, 6) is 2.33. The molecule has 8 heteroatoms. The van der Waals surface area contributed by atoms with Gasteiger partial charge in [-0.25, -0.2) is 0 Å². The van der Waals surface area contributed by atoms with Crippen LogP contribution < -0.4 is 15.4 Å². The van der Waals surface area contributed by atoms with Gasteiger partial charge in [0.2, 0.25) is 0 Å². The van der Waals surface area contributed by atoms with Gasteiger partial charge in [-0.05, 0) is 0 Å². The van der Waals surface area contributed by atoms with Gasteiger partial charge >= 0.3 is 208 Å². The fourth-order valence-electron chi connectivity index (χ4n) is 4.00. The van der Waals surface area contributed by atoms with Crippen LogP contribution in [-0.2, 0) is 22.9 Å². The van der Waals surface area contributed by atoms with E-state index in [2.05, 4.69) is 23.5 Å². The second-order valence-electron chi connectivity index (χ2n) is 8.15. The van der Waals surface area contributed by atoms with Crippen molar-refractivity contribution in [3.05, 3.63) is 48.8 Å². The number of benzene rings is 1. The van der Waals surface area contributed by atoms with Crippen molar-refractivity contribution >= 4 is 30.7 Å². The van der Waals surface area contributed by atoms with Gasteiger partial charge in [-0.1, -0.05) is 0 Å². The predicted molar refractivity (Wildman–Crippen MR) is 145 cm³/mol. The average Bonchev–Trinajstić information content (AvgIpc) is 3.19. The molecule has 1 aromatic carbocycles. The molecule has 1 atom stereocenters. The molecular formula is C26H37IN2O5. The normalized spacial score (nSPS) is 16.9. The molecule has 2 rings (SSSR count). The van der Waals surface area contributed by atoms with Crippen molar-refractivity contribution < 1.29 is 22.1 Å². The number of hydrogen-bond acceptors (Lipinski definition) is 5. The summed E-state index contributed by atoms with van der Waals surface area (Å²) >= 11 is -3.50. The van der Waals surface area contributed by atoms with Crippen molar-refractivity contribution in [2.45, 2.75) is 45.1 Å². The van der Waals surface area contributed by atoms with E-state index in [-0.39, 0.29) is 5.91 Å². The number of ether oxygens (including phenoxy) is 2. The van der Waals surface area contributed by atoms with Crippen LogP contribution in [0.4, 0.5) is 0 Å². The van der Waals surface area contributed by atoms with E-state index in [4.69, 9.17) is 19.0 Å². The van der Waals surface area contributed by atoms with Crippen LogP contribution in [0, 0.1) is 19.3 Å². The van der Waals surface area contributed by atoms with Gasteiger partial charge in [0, 0.05) is 0 Å². The van der Waals surface area contributed by atoms with Crippen LogP contribution in [0.25, 0.3) is 0 Å². The van der Waals surface area contributed by atoms with Crippen molar-refractivity contribution in [3.8, 4) is 18.1 Å². The van der Waals surface area contributed by atoms with Crippen molar-refractivity contribution in [2.75, 3.05) is 32.8 Å². The fourth-order valence-corrected chi connectivity index (χ4v) is 10.4. The van der Waals surface area contributed by atoms with Crippen LogP contribution in [0.15, 0.2) is 37.7 Å². The van der Waals surface area contributed by atoms with E-state index in [9.17, 15) is 9.59 Å². The fraction of sp³-hybridized carbons (Fsp3) is 0.462. The molecule has 2 amide bonds. The number of terminal acetylenes is 1. The Labute approximate surface area is 207 Å². The number of amides is 2. The van der Waals surface area contributed by atoms with Crippen LogP contribution in [0.2, 0.25) is 0 Å². The molecule has 1 heterocycles. The summed E-state index contributed by atoms with van der Waals surface area (Å²) in [4.78, 5) is 28.7. The summed E-state index contributed by atoms with van der Waals surface area (Å²) in [5.41, 5.74) is -0.166. The number of unbranched alkanes of at least 4 members (excludes halogenated alkanes) is 3. The van der Waals surface area contributed by atoms with E-state index < -0.39 is 30.3 Å². The molecule has 0 saturated heterocycles. The van der Waals surface area contributed by atoms with Gasteiger partial charge in [0.1, 0.15) is 0 Å². The first-order chi connectivity index (χ1) is 16.2. The Kier molecular flexibility index (Phi) is 10.0. The summed E-state index contributed by atoms with van der Waals surface area (Å²) in [6, 6.07) is 5.41. The molecule has 0 radical (unpaired) electrons. The topological polar surface area (TPSA) is 85.9 Å². The van der Waals surface area contributed by atoms with Crippen LogP contribution in [-0.4, -0.2) is 44.6 Å². The Balaban J connectivity index is 2.72. The zero-order chi connectivity index (χ0) is 25.4. The molecule has 1 aromatic rings. The Morgan fingerprint density at radius 1 is 1.15 bits per heavy atom. The molecule has 0 saturated carbocycles. The number of nitrogens with one attached hydrogen (secondary N) is 2. The molecule has 0 fully saturated rings. The summed E-state index contributed by atoms with van der Waals surface area (Å²) in [5, 5.41) is 5.92. The molecule has 34 heavy (non-hydrogen) atoms. The molecule has 0 aliphatic carbocycles. The number of alkyl halides is 1. The van der Waals surface area contributed by atoms with E-state index in [1.807, 2.05) is 22.0 Å². The number of hydrogen-bond donors (Lipinski definition) is 2. The monoisotopic (exact) mass is 584 g/mol. The van der Waals surface area contributed by atoms with Crippen LogP contribution in [0.5, 0.6) is 5.75 Å². The molecule has 1 aliphatic heterocycles. The Morgan fingerprint density at radius 2 is 1.88 bits per heavy atom. The first-order valence-corrected chi connectivity index (χ1v) is 17.1. The van der Waals surface area contributed by atoms with E-state index in [1.54, 1.807) is 39.5 Å². The van der Waals surface area contributed by atoms with Gasteiger partial charge in [0.05, 0.1) is 0 Å². The Hall–Kier alpha value is -2.51. The SMILES string of the molecule is C#CC(=O)NC(C(=O)NCCCCCC)(C1=CC(OC)=C[IH]1(C)OC)c1ccc(OC)c(C)c1. The maximum absolute atomic E-state index is 14.0. The number of rotatable bonds is 12. The van der Waals surface area contributed by atoms with Gasteiger partial charge in [0.25, 0.3) is 0 Å². The molecule has 7 nitrogen and oxygen atoms in total. The molecule has 2 N–H and O–H groups in total. The maximum atomic E-state index is 14.0. The number of halogens is 1. The summed E-state index contributed by atoms with van der Waals surface area (Å²) in [7, 11) is 4.78. The third kappa shape index (κ3) is 5.76. The van der Waals surface area contributed by atoms with Gasteiger partial charge in [-0.15, -0.1) is 0 Å². The molecule has 0 bridgehead atoms. The number of allylic oxidation sites excluding steroid dienone is 1. The zero-order valence-electron chi connectivity index (χ0n) is 20.9. The molecule has 0 aromatic heterocycles. The van der Waals surface area contributed by atoms with Crippen LogP contribution in [0.3, 0.4) is 0 Å². The Morgan fingerprint density at radius 3 is 2.44 bits per heavy atom. The van der Waals surface area contributed by atoms with Gasteiger partial charge < -0.3 is 0 Å². The number of aryl methyl sites for hydroxylation is 1. The summed E-state index contributed by atoms with van der Waals surface area (Å²) < 4.78 is 19.6. The van der Waals surface area contributed by atoms with E-state index >= 15 is 0 Å². The van der Waals surface area contributed by atoms with Gasteiger partial charge in [-0.2, -0.15) is 0 Å². The van der Waals surface area contributed by atoms with Gasteiger partial charge in [-0.3, -0.25) is 0 Å². The van der Waals surface area contributed by atoms with Gasteiger partial charge in [0.15, 0.2) is 0 Å². The minimum absolute atomic E-state index is 0.358. The number of carbonyl (C=O) groups excluding carboxylic acids is 2. The first kappa shape index (κ1) is 27.7.